The molecule has 1 saturated heterocycles. The van der Waals surface area contributed by atoms with Crippen LogP contribution in [0.2, 0.25) is 0 Å². The van der Waals surface area contributed by atoms with Gasteiger partial charge in [-0.1, -0.05) is 86.0 Å². The van der Waals surface area contributed by atoms with Gasteiger partial charge in [0.05, 0.1) is 10.6 Å². The molecule has 2 aliphatic rings. The predicted molar refractivity (Wildman–Crippen MR) is 140 cm³/mol. The Labute approximate surface area is 205 Å². The van der Waals surface area contributed by atoms with E-state index in [1.165, 1.54) is 18.2 Å². The second kappa shape index (κ2) is 10.7. The van der Waals surface area contributed by atoms with Gasteiger partial charge in [0.1, 0.15) is 12.4 Å². The number of hydrogen-bond acceptors (Lipinski definition) is 4. The van der Waals surface area contributed by atoms with E-state index in [-0.39, 0.29) is 11.9 Å². The molecule has 0 N–H and O–H groups in total. The number of thioether (sulfide) groups is 1. The summed E-state index contributed by atoms with van der Waals surface area (Å²) >= 11 is 1.47. The maximum Gasteiger partial charge on any atom is 0.267 e. The lowest BCUT2D eigenvalue weighted by Crippen LogP contribution is -2.40. The number of carbonyl (C=O) groups is 1. The van der Waals surface area contributed by atoms with Gasteiger partial charge in [0, 0.05) is 11.6 Å². The number of amidine groups is 1. The number of rotatable bonds is 6. The molecule has 1 aliphatic carbocycles. The molecular formula is C29H28N2O2S. The molecule has 0 bridgehead atoms. The van der Waals surface area contributed by atoms with Gasteiger partial charge in [-0.05, 0) is 54.4 Å². The number of carbonyl (C=O) groups excluding carboxylic acids is 1. The SMILES string of the molecule is O=C1/C(=C/c2ccccc2OCc2ccccc2)SC(=Nc2ccccc2)N1C1CCCCC1. The molecule has 1 saturated carbocycles. The standard InChI is InChI=1S/C29H28N2O2S/c32-28-27(20-23-14-10-11-19-26(23)33-21-22-12-4-1-5-13-22)34-29(30-24-15-6-2-7-16-24)31(28)25-17-8-3-9-18-25/h1-2,4-7,10-16,19-20,25H,3,8-9,17-18,21H2/b27-20-,30-29?. The van der Waals surface area contributed by atoms with Crippen molar-refractivity contribution in [2.75, 3.05) is 0 Å². The molecule has 5 heteroatoms. The minimum Gasteiger partial charge on any atom is -0.488 e. The van der Waals surface area contributed by atoms with Crippen molar-refractivity contribution in [1.82, 2.24) is 4.90 Å². The van der Waals surface area contributed by atoms with Gasteiger partial charge >= 0.3 is 0 Å². The van der Waals surface area contributed by atoms with Crippen LogP contribution in [0.3, 0.4) is 0 Å². The van der Waals surface area contributed by atoms with Gasteiger partial charge in [0.2, 0.25) is 0 Å². The number of nitrogens with zero attached hydrogens (tertiary/aromatic N) is 2. The van der Waals surface area contributed by atoms with Crippen LogP contribution >= 0.6 is 11.8 Å². The van der Waals surface area contributed by atoms with E-state index in [1.807, 2.05) is 95.9 Å². The molecule has 3 aromatic carbocycles. The van der Waals surface area contributed by atoms with E-state index in [0.29, 0.717) is 11.5 Å². The summed E-state index contributed by atoms with van der Waals surface area (Å²) in [6.45, 7) is 0.483. The highest BCUT2D eigenvalue weighted by atomic mass is 32.2. The molecule has 0 atom stereocenters. The first kappa shape index (κ1) is 22.5. The zero-order valence-corrected chi connectivity index (χ0v) is 19.9. The van der Waals surface area contributed by atoms with Crippen LogP contribution in [0.1, 0.15) is 43.2 Å². The van der Waals surface area contributed by atoms with Crippen LogP contribution < -0.4 is 4.74 Å². The molecule has 0 spiro atoms. The lowest BCUT2D eigenvalue weighted by atomic mass is 9.94. The third kappa shape index (κ3) is 5.26. The third-order valence-electron chi connectivity index (χ3n) is 6.20. The van der Waals surface area contributed by atoms with Crippen molar-refractivity contribution < 1.29 is 9.53 Å². The third-order valence-corrected chi connectivity index (χ3v) is 7.18. The fourth-order valence-electron chi connectivity index (χ4n) is 4.45. The predicted octanol–water partition coefficient (Wildman–Crippen LogP) is 7.20. The fraction of sp³-hybridized carbons (Fsp3) is 0.241. The van der Waals surface area contributed by atoms with Crippen LogP contribution in [0, 0.1) is 0 Å². The van der Waals surface area contributed by atoms with Crippen molar-refractivity contribution in [2.24, 2.45) is 4.99 Å². The average Bonchev–Trinajstić information content (AvgIpc) is 3.19. The van der Waals surface area contributed by atoms with Crippen molar-refractivity contribution in [3.8, 4) is 5.75 Å². The Balaban J connectivity index is 1.44. The number of hydrogen-bond donors (Lipinski definition) is 0. The Morgan fingerprint density at radius 3 is 2.32 bits per heavy atom. The van der Waals surface area contributed by atoms with Crippen LogP contribution in [-0.4, -0.2) is 22.0 Å². The first-order valence-corrected chi connectivity index (χ1v) is 12.7. The van der Waals surface area contributed by atoms with E-state index >= 15 is 0 Å². The minimum absolute atomic E-state index is 0.0458. The zero-order valence-electron chi connectivity index (χ0n) is 19.1. The molecule has 4 nitrogen and oxygen atoms in total. The van der Waals surface area contributed by atoms with E-state index in [9.17, 15) is 4.79 Å². The molecule has 1 aliphatic heterocycles. The lowest BCUT2D eigenvalue weighted by Gasteiger charge is -2.30. The van der Waals surface area contributed by atoms with Gasteiger partial charge in [-0.2, -0.15) is 0 Å². The van der Waals surface area contributed by atoms with Crippen LogP contribution in [0.4, 0.5) is 5.69 Å². The molecule has 5 rings (SSSR count). The monoisotopic (exact) mass is 468 g/mol. The lowest BCUT2D eigenvalue weighted by molar-refractivity contribution is -0.124. The Bertz CT molecular complexity index is 1190. The van der Waals surface area contributed by atoms with Crippen molar-refractivity contribution in [1.29, 1.82) is 0 Å². The molecule has 0 aromatic heterocycles. The quantitative estimate of drug-likeness (QED) is 0.359. The molecule has 0 radical (unpaired) electrons. The van der Waals surface area contributed by atoms with E-state index in [0.717, 1.165) is 53.4 Å². The topological polar surface area (TPSA) is 41.9 Å². The van der Waals surface area contributed by atoms with Crippen molar-refractivity contribution in [3.63, 3.8) is 0 Å². The fourth-order valence-corrected chi connectivity index (χ4v) is 5.50. The summed E-state index contributed by atoms with van der Waals surface area (Å²) in [6.07, 6.45) is 7.58. The van der Waals surface area contributed by atoms with Crippen molar-refractivity contribution >= 4 is 34.6 Å². The maximum atomic E-state index is 13.6. The highest BCUT2D eigenvalue weighted by molar-refractivity contribution is 8.18. The van der Waals surface area contributed by atoms with Gasteiger partial charge in [0.25, 0.3) is 5.91 Å². The first-order chi connectivity index (χ1) is 16.8. The highest BCUT2D eigenvalue weighted by Gasteiger charge is 2.38. The number of para-hydroxylation sites is 2. The molecule has 3 aromatic rings. The Morgan fingerprint density at radius 1 is 0.882 bits per heavy atom. The van der Waals surface area contributed by atoms with Crippen molar-refractivity contribution in [2.45, 2.75) is 44.8 Å². The molecule has 1 amide bonds. The van der Waals surface area contributed by atoms with Gasteiger partial charge < -0.3 is 4.74 Å². The normalized spacial score (nSPS) is 19.2. The van der Waals surface area contributed by atoms with E-state index in [1.54, 1.807) is 0 Å². The van der Waals surface area contributed by atoms with Gasteiger partial charge in [-0.15, -0.1) is 0 Å². The van der Waals surface area contributed by atoms with Gasteiger partial charge in [-0.3, -0.25) is 9.69 Å². The van der Waals surface area contributed by atoms with Crippen LogP contribution in [0.25, 0.3) is 6.08 Å². The average molecular weight is 469 g/mol. The molecule has 34 heavy (non-hydrogen) atoms. The van der Waals surface area contributed by atoms with Crippen molar-refractivity contribution in [3.05, 3.63) is 101 Å². The number of benzene rings is 3. The molecule has 0 unspecified atom stereocenters. The minimum atomic E-state index is 0.0458. The molecular weight excluding hydrogens is 440 g/mol. The maximum absolute atomic E-state index is 13.6. The highest BCUT2D eigenvalue weighted by Crippen LogP contribution is 2.39. The summed E-state index contributed by atoms with van der Waals surface area (Å²) in [6, 6.07) is 28.1. The number of aliphatic imine (C=N–C) groups is 1. The Morgan fingerprint density at radius 2 is 1.56 bits per heavy atom. The summed E-state index contributed by atoms with van der Waals surface area (Å²) < 4.78 is 6.13. The van der Waals surface area contributed by atoms with E-state index in [4.69, 9.17) is 9.73 Å². The first-order valence-electron chi connectivity index (χ1n) is 11.9. The van der Waals surface area contributed by atoms with E-state index < -0.39 is 0 Å². The molecule has 172 valence electrons. The molecule has 2 fully saturated rings. The van der Waals surface area contributed by atoms with Crippen LogP contribution in [-0.2, 0) is 11.4 Å². The second-order valence-corrected chi connectivity index (χ2v) is 9.63. The summed E-state index contributed by atoms with van der Waals surface area (Å²) in [5.74, 6) is 0.814. The Hall–Kier alpha value is -3.31. The van der Waals surface area contributed by atoms with E-state index in [2.05, 4.69) is 0 Å². The second-order valence-electron chi connectivity index (χ2n) is 8.62. The van der Waals surface area contributed by atoms with Crippen LogP contribution in [0.5, 0.6) is 5.75 Å². The summed E-state index contributed by atoms with van der Waals surface area (Å²) in [7, 11) is 0. The largest absolute Gasteiger partial charge is 0.488 e. The summed E-state index contributed by atoms with van der Waals surface area (Å²) in [5.41, 5.74) is 2.88. The molecule has 1 heterocycles. The summed E-state index contributed by atoms with van der Waals surface area (Å²) in [5, 5.41) is 0.775. The van der Waals surface area contributed by atoms with Crippen LogP contribution in [0.15, 0.2) is 94.8 Å². The van der Waals surface area contributed by atoms with Gasteiger partial charge in [0.15, 0.2) is 5.17 Å². The zero-order chi connectivity index (χ0) is 23.2. The Kier molecular flexibility index (Phi) is 7.10. The number of amides is 1. The summed E-state index contributed by atoms with van der Waals surface area (Å²) in [4.78, 5) is 21.1. The number of ether oxygens (including phenoxy) is 1. The smallest absolute Gasteiger partial charge is 0.267 e. The van der Waals surface area contributed by atoms with Gasteiger partial charge in [-0.25, -0.2) is 4.99 Å².